The maximum atomic E-state index is 15.1. The van der Waals surface area contributed by atoms with Crippen molar-refractivity contribution >= 4 is 23.4 Å². The van der Waals surface area contributed by atoms with Gasteiger partial charge >= 0.3 is 6.18 Å². The molecule has 0 spiro atoms. The highest BCUT2D eigenvalue weighted by Crippen LogP contribution is 2.41. The van der Waals surface area contributed by atoms with Crippen LogP contribution in [0.3, 0.4) is 0 Å². The van der Waals surface area contributed by atoms with Crippen LogP contribution in [-0.4, -0.2) is 66.8 Å². The van der Waals surface area contributed by atoms with E-state index >= 15 is 9.18 Å². The van der Waals surface area contributed by atoms with Crippen molar-refractivity contribution in [1.82, 2.24) is 9.80 Å². The Morgan fingerprint density at radius 2 is 1.72 bits per heavy atom. The van der Waals surface area contributed by atoms with Gasteiger partial charge in [-0.05, 0) is 66.7 Å². The second-order valence-electron chi connectivity index (χ2n) is 12.6. The van der Waals surface area contributed by atoms with Gasteiger partial charge in [0, 0.05) is 64.5 Å². The molecular formula is C41H42F5N3O3S. The first-order valence-electron chi connectivity index (χ1n) is 20.8. The summed E-state index contributed by atoms with van der Waals surface area (Å²) in [7, 11) is 1.56. The predicted octanol–water partition coefficient (Wildman–Crippen LogP) is 8.73. The molecule has 0 aliphatic carbocycles. The van der Waals surface area contributed by atoms with Crippen LogP contribution < -0.4 is 4.90 Å². The number of aliphatic hydroxyl groups is 1. The van der Waals surface area contributed by atoms with E-state index in [1.165, 1.54) is 43.3 Å². The van der Waals surface area contributed by atoms with E-state index in [1.54, 1.807) is 7.11 Å². The van der Waals surface area contributed by atoms with Crippen LogP contribution in [0.1, 0.15) is 57.7 Å². The lowest BCUT2D eigenvalue weighted by Crippen LogP contribution is -2.50. The Labute approximate surface area is 322 Å². The predicted molar refractivity (Wildman–Crippen MR) is 198 cm³/mol. The number of methoxy groups -OCH3 is 1. The van der Waals surface area contributed by atoms with Gasteiger partial charge in [-0.3, -0.25) is 4.79 Å². The topological polar surface area (TPSA) is 56.3 Å². The number of thioether (sulfide) groups is 1. The van der Waals surface area contributed by atoms with Crippen LogP contribution in [-0.2, 0) is 27.9 Å². The molecule has 1 amide bonds. The molecule has 1 N–H and O–H groups in total. The molecule has 6 rings (SSSR count). The van der Waals surface area contributed by atoms with Gasteiger partial charge in [0.05, 0.1) is 25.4 Å². The highest BCUT2D eigenvalue weighted by molar-refractivity contribution is 8.02. The molecule has 4 aromatic carbocycles. The van der Waals surface area contributed by atoms with Gasteiger partial charge in [0.2, 0.25) is 5.91 Å². The molecule has 1 atom stereocenters. The molecule has 4 aromatic rings. The third-order valence-corrected chi connectivity index (χ3v) is 9.83. The molecule has 12 heteroatoms. The van der Waals surface area contributed by atoms with Gasteiger partial charge in [0.15, 0.2) is 11.6 Å². The first-order chi connectivity index (χ1) is 28.6. The molecule has 6 nitrogen and oxygen atoms in total. The SMILES string of the molecule is [2H]C1=C(SC([2H])([2H])c2cccc(F)c2F)N(CC(=O)N(C2CCN(CCOC)CC2)C([2H])([2H])c2ccc(-c3ccc(C(F)(F)F)cc3)cc2)c2c([2H])c([2H])c(C)c([2H])c2C1O. The third kappa shape index (κ3) is 9.29. The minimum atomic E-state index is -4.54. The number of carbonyl (C=O) groups is 1. The van der Waals surface area contributed by atoms with Crippen molar-refractivity contribution in [2.45, 2.75) is 50.3 Å². The molecule has 1 saturated heterocycles. The van der Waals surface area contributed by atoms with Crippen LogP contribution in [0.25, 0.3) is 11.1 Å². The summed E-state index contributed by atoms with van der Waals surface area (Å²) in [6, 6.07) is 10.1. The number of fused-ring (bicyclic) bond motifs is 1. The van der Waals surface area contributed by atoms with Crippen molar-refractivity contribution in [3.8, 4) is 11.1 Å². The Bertz CT molecular complexity index is 2310. The summed E-state index contributed by atoms with van der Waals surface area (Å²) < 4.78 is 146. The Morgan fingerprint density at radius 3 is 2.38 bits per heavy atom. The first kappa shape index (κ1) is 29.2. The van der Waals surface area contributed by atoms with E-state index in [1.807, 2.05) is 0 Å². The van der Waals surface area contributed by atoms with Crippen LogP contribution >= 0.6 is 11.8 Å². The third-order valence-electron chi connectivity index (χ3n) is 8.98. The van der Waals surface area contributed by atoms with Crippen LogP contribution in [0.4, 0.5) is 27.6 Å². The monoisotopic (exact) mass is 759 g/mol. The Balaban J connectivity index is 1.43. The van der Waals surface area contributed by atoms with Gasteiger partial charge < -0.3 is 24.5 Å². The minimum Gasteiger partial charge on any atom is -0.384 e. The summed E-state index contributed by atoms with van der Waals surface area (Å²) in [4.78, 5) is 19.1. The number of benzene rings is 4. The van der Waals surface area contributed by atoms with E-state index in [4.69, 9.17) is 13.0 Å². The molecule has 280 valence electrons. The number of rotatable bonds is 12. The number of amides is 1. The number of likely N-dealkylation sites (tertiary alicyclic amines) is 1. The van der Waals surface area contributed by atoms with Crippen molar-refractivity contribution in [1.29, 1.82) is 0 Å². The van der Waals surface area contributed by atoms with Crippen molar-refractivity contribution in [3.63, 3.8) is 0 Å². The fraction of sp³-hybridized carbons (Fsp3) is 0.341. The molecule has 1 unspecified atom stereocenters. The lowest BCUT2D eigenvalue weighted by atomic mass is 9.99. The highest BCUT2D eigenvalue weighted by Gasteiger charge is 2.33. The molecule has 2 aliphatic rings. The maximum Gasteiger partial charge on any atom is 0.416 e. The van der Waals surface area contributed by atoms with Crippen molar-refractivity contribution in [3.05, 3.63) is 135 Å². The average molecular weight is 760 g/mol. The summed E-state index contributed by atoms with van der Waals surface area (Å²) in [5.74, 6) is -3.81. The summed E-state index contributed by atoms with van der Waals surface area (Å²) in [6.45, 7) is -0.246. The van der Waals surface area contributed by atoms with E-state index in [-0.39, 0.29) is 47.0 Å². The summed E-state index contributed by atoms with van der Waals surface area (Å²) >= 11 is 0.143. The molecule has 0 aromatic heterocycles. The highest BCUT2D eigenvalue weighted by atomic mass is 32.2. The molecule has 1 fully saturated rings. The fourth-order valence-corrected chi connectivity index (χ4v) is 6.93. The number of nitrogens with zero attached hydrogens (tertiary/aromatic N) is 3. The molecular weight excluding hydrogens is 710 g/mol. The molecule has 0 bridgehead atoms. The lowest BCUT2D eigenvalue weighted by molar-refractivity contribution is -0.137. The van der Waals surface area contributed by atoms with Crippen LogP contribution in [0.5, 0.6) is 0 Å². The number of halogens is 5. The van der Waals surface area contributed by atoms with Crippen molar-refractivity contribution in [2.75, 3.05) is 44.8 Å². The summed E-state index contributed by atoms with van der Waals surface area (Å²) in [5.41, 5.74) is -4.31. The van der Waals surface area contributed by atoms with Gasteiger partial charge in [0.1, 0.15) is 12.6 Å². The number of anilines is 1. The van der Waals surface area contributed by atoms with Gasteiger partial charge in [0.25, 0.3) is 0 Å². The van der Waals surface area contributed by atoms with Crippen molar-refractivity contribution in [2.24, 2.45) is 0 Å². The number of carbonyl (C=O) groups excluding carboxylic acids is 1. The lowest BCUT2D eigenvalue weighted by Gasteiger charge is -2.40. The smallest absolute Gasteiger partial charge is 0.384 e. The van der Waals surface area contributed by atoms with Gasteiger partial charge in [-0.2, -0.15) is 13.2 Å². The normalized spacial score (nSPS) is 19.6. The summed E-state index contributed by atoms with van der Waals surface area (Å²) in [6.07, 6.45) is -5.93. The standard InChI is InChI=1S/C41H42F5N3O3S/c1-27-6-15-36-34(22-27)37(50)23-39(53-26-31-4-3-5-35(42)40(31)43)49(36)25-38(51)48(33-16-18-47(19-17-33)20-21-52-2)24-28-7-9-29(10-8-28)30-11-13-32(14-12-30)41(44,45)46/h3-15,22-23,33,37,50H,16-21,24-26H2,1-2H3/i6D,15D,22D,23D,24D2,26D2. The zero-order chi connectivity index (χ0) is 44.8. The largest absolute Gasteiger partial charge is 0.416 e. The fourth-order valence-electron chi connectivity index (χ4n) is 6.13. The second kappa shape index (κ2) is 16.8. The van der Waals surface area contributed by atoms with Gasteiger partial charge in [-0.25, -0.2) is 8.78 Å². The molecule has 2 heterocycles. The first-order valence-corrected chi connectivity index (χ1v) is 17.6. The Hall–Kier alpha value is -4.23. The van der Waals surface area contributed by atoms with E-state index in [2.05, 4.69) is 4.90 Å². The Morgan fingerprint density at radius 1 is 1.04 bits per heavy atom. The number of aliphatic hydroxyl groups excluding tert-OH is 1. The van der Waals surface area contributed by atoms with Gasteiger partial charge in [-0.15, -0.1) is 11.8 Å². The van der Waals surface area contributed by atoms with Crippen molar-refractivity contribution < 1.29 is 47.6 Å². The van der Waals surface area contributed by atoms with Gasteiger partial charge in [-0.1, -0.05) is 66.2 Å². The van der Waals surface area contributed by atoms with E-state index in [0.29, 0.717) is 37.4 Å². The van der Waals surface area contributed by atoms with Crippen LogP contribution in [0.15, 0.2) is 95.9 Å². The average Bonchev–Trinajstić information content (AvgIpc) is 3.22. The quantitative estimate of drug-likeness (QED) is 0.146. The molecule has 0 saturated carbocycles. The minimum absolute atomic E-state index is 0.00396. The van der Waals surface area contributed by atoms with E-state index < -0.39 is 94.9 Å². The van der Waals surface area contributed by atoms with E-state index in [9.17, 15) is 25.4 Å². The zero-order valence-corrected chi connectivity index (χ0v) is 29.7. The molecule has 0 radical (unpaired) electrons. The maximum absolute atomic E-state index is 15.1. The van der Waals surface area contributed by atoms with E-state index in [0.717, 1.165) is 40.1 Å². The van der Waals surface area contributed by atoms with Crippen LogP contribution in [0.2, 0.25) is 0 Å². The Kier molecular flexibility index (Phi) is 9.27. The molecule has 53 heavy (non-hydrogen) atoms. The number of piperidine rings is 1. The van der Waals surface area contributed by atoms with Crippen LogP contribution in [0, 0.1) is 18.6 Å². The number of ether oxygens (including phenoxy) is 1. The zero-order valence-electron chi connectivity index (χ0n) is 36.9. The number of alkyl halides is 3. The number of hydrogen-bond acceptors (Lipinski definition) is 6. The summed E-state index contributed by atoms with van der Waals surface area (Å²) in [5, 5.41) is 10.9. The number of hydrogen-bond donors (Lipinski definition) is 1. The molecule has 2 aliphatic heterocycles. The second-order valence-corrected chi connectivity index (χ2v) is 13.4.